The number of aliphatic imine (C=N–C) groups is 1. The van der Waals surface area contributed by atoms with Gasteiger partial charge in [0.2, 0.25) is 5.90 Å². The van der Waals surface area contributed by atoms with Gasteiger partial charge in [-0.3, -0.25) is 0 Å². The van der Waals surface area contributed by atoms with Crippen molar-refractivity contribution in [1.82, 2.24) is 4.57 Å². The molecule has 2 heterocycles. The van der Waals surface area contributed by atoms with Crippen LogP contribution in [0.25, 0.3) is 0 Å². The van der Waals surface area contributed by atoms with E-state index in [0.717, 1.165) is 18.2 Å². The Kier molecular flexibility index (Phi) is 2.32. The van der Waals surface area contributed by atoms with Crippen LogP contribution in [0.4, 0.5) is 0 Å². The van der Waals surface area contributed by atoms with Crippen molar-refractivity contribution < 1.29 is 4.74 Å². The van der Waals surface area contributed by atoms with E-state index in [0.29, 0.717) is 12.0 Å². The highest BCUT2D eigenvalue weighted by Gasteiger charge is 2.23. The molecule has 0 saturated carbocycles. The van der Waals surface area contributed by atoms with Gasteiger partial charge in [0.25, 0.3) is 0 Å². The van der Waals surface area contributed by atoms with Crippen LogP contribution in [0, 0.1) is 5.92 Å². The summed E-state index contributed by atoms with van der Waals surface area (Å²) in [5, 5.41) is 0. The Bertz CT molecular complexity index is 352. The molecule has 0 N–H and O–H groups in total. The number of hydrogen-bond donors (Lipinski definition) is 0. The van der Waals surface area contributed by atoms with E-state index in [1.165, 1.54) is 0 Å². The first kappa shape index (κ1) is 9.31. The molecule has 1 atom stereocenters. The van der Waals surface area contributed by atoms with Gasteiger partial charge in [-0.2, -0.15) is 0 Å². The van der Waals surface area contributed by atoms with Gasteiger partial charge in [-0.05, 0) is 18.1 Å². The Labute approximate surface area is 84.4 Å². The second kappa shape index (κ2) is 3.48. The largest absolute Gasteiger partial charge is 0.474 e. The van der Waals surface area contributed by atoms with Crippen LogP contribution < -0.4 is 0 Å². The Morgan fingerprint density at radius 3 is 2.86 bits per heavy atom. The second-order valence-corrected chi connectivity index (χ2v) is 4.06. The molecule has 76 valence electrons. The average molecular weight is 192 g/mol. The molecule has 14 heavy (non-hydrogen) atoms. The number of rotatable bonds is 2. The van der Waals surface area contributed by atoms with E-state index >= 15 is 0 Å². The molecular weight excluding hydrogens is 176 g/mol. The summed E-state index contributed by atoms with van der Waals surface area (Å²) >= 11 is 0. The molecule has 0 saturated heterocycles. The maximum atomic E-state index is 5.58. The van der Waals surface area contributed by atoms with Gasteiger partial charge in [0.15, 0.2) is 0 Å². The van der Waals surface area contributed by atoms with Crippen LogP contribution in [0.15, 0.2) is 23.3 Å². The minimum Gasteiger partial charge on any atom is -0.474 e. The number of ether oxygens (including phenoxy) is 1. The highest BCUT2D eigenvalue weighted by Crippen LogP contribution is 2.17. The zero-order chi connectivity index (χ0) is 10.1. The molecule has 0 unspecified atom stereocenters. The lowest BCUT2D eigenvalue weighted by Crippen LogP contribution is -2.13. The fraction of sp³-hybridized carbons (Fsp3) is 0.545. The standard InChI is InChI=1S/C11H16N2O/c1-8(2)9-7-14-11(12-9)10-5-4-6-13(10)3/h4-6,8-9H,7H2,1-3H3/t9-/m1/s1. The fourth-order valence-corrected chi connectivity index (χ4v) is 1.55. The van der Waals surface area contributed by atoms with E-state index in [9.17, 15) is 0 Å². The predicted octanol–water partition coefficient (Wildman–Crippen LogP) is 1.83. The molecule has 3 nitrogen and oxygen atoms in total. The van der Waals surface area contributed by atoms with E-state index < -0.39 is 0 Å². The first-order valence-corrected chi connectivity index (χ1v) is 5.01. The van der Waals surface area contributed by atoms with Gasteiger partial charge < -0.3 is 9.30 Å². The van der Waals surface area contributed by atoms with Gasteiger partial charge >= 0.3 is 0 Å². The highest BCUT2D eigenvalue weighted by atomic mass is 16.5. The Morgan fingerprint density at radius 1 is 1.57 bits per heavy atom. The topological polar surface area (TPSA) is 26.5 Å². The summed E-state index contributed by atoms with van der Waals surface area (Å²) in [6, 6.07) is 4.35. The van der Waals surface area contributed by atoms with Crippen LogP contribution in [-0.2, 0) is 11.8 Å². The molecule has 1 aromatic heterocycles. The van der Waals surface area contributed by atoms with Crippen LogP contribution in [-0.4, -0.2) is 23.1 Å². The first-order chi connectivity index (χ1) is 6.68. The monoisotopic (exact) mass is 192 g/mol. The predicted molar refractivity (Wildman–Crippen MR) is 56.5 cm³/mol. The van der Waals surface area contributed by atoms with Gasteiger partial charge in [0.05, 0.1) is 6.04 Å². The Morgan fingerprint density at radius 2 is 2.36 bits per heavy atom. The summed E-state index contributed by atoms with van der Waals surface area (Å²) in [4.78, 5) is 4.56. The third-order valence-electron chi connectivity index (χ3n) is 2.61. The molecule has 0 aliphatic carbocycles. The maximum Gasteiger partial charge on any atom is 0.233 e. The van der Waals surface area contributed by atoms with E-state index in [1.54, 1.807) is 0 Å². The molecule has 2 rings (SSSR count). The molecule has 1 aliphatic rings. The molecule has 1 aromatic rings. The zero-order valence-electron chi connectivity index (χ0n) is 8.90. The van der Waals surface area contributed by atoms with E-state index in [4.69, 9.17) is 4.74 Å². The molecule has 3 heteroatoms. The van der Waals surface area contributed by atoms with Gasteiger partial charge in [-0.25, -0.2) is 4.99 Å². The van der Waals surface area contributed by atoms with Crippen molar-refractivity contribution in [2.75, 3.05) is 6.61 Å². The van der Waals surface area contributed by atoms with Crippen LogP contribution >= 0.6 is 0 Å². The Hall–Kier alpha value is -1.25. The summed E-state index contributed by atoms with van der Waals surface area (Å²) in [7, 11) is 2.00. The molecule has 0 aromatic carbocycles. The van der Waals surface area contributed by atoms with Gasteiger partial charge in [0, 0.05) is 13.2 Å². The molecule has 1 aliphatic heterocycles. The van der Waals surface area contributed by atoms with Gasteiger partial charge in [-0.1, -0.05) is 13.8 Å². The summed E-state index contributed by atoms with van der Waals surface area (Å²) in [5.41, 5.74) is 1.06. The lowest BCUT2D eigenvalue weighted by Gasteiger charge is -2.06. The summed E-state index contributed by atoms with van der Waals surface area (Å²) in [6.45, 7) is 5.06. The average Bonchev–Trinajstić information content (AvgIpc) is 2.71. The second-order valence-electron chi connectivity index (χ2n) is 4.06. The number of hydrogen-bond acceptors (Lipinski definition) is 2. The summed E-state index contributed by atoms with van der Waals surface area (Å²) in [5.74, 6) is 1.34. The number of nitrogens with zero attached hydrogens (tertiary/aromatic N) is 2. The van der Waals surface area contributed by atoms with Crippen molar-refractivity contribution >= 4 is 5.90 Å². The normalized spacial score (nSPS) is 21.1. The van der Waals surface area contributed by atoms with Crippen LogP contribution in [0.2, 0.25) is 0 Å². The van der Waals surface area contributed by atoms with Crippen molar-refractivity contribution in [3.8, 4) is 0 Å². The number of aromatic nitrogens is 1. The van der Waals surface area contributed by atoms with Gasteiger partial charge in [-0.15, -0.1) is 0 Å². The SMILES string of the molecule is CC(C)[C@H]1COC(c2cccn2C)=N1. The quantitative estimate of drug-likeness (QED) is 0.702. The molecule has 0 amide bonds. The van der Waals surface area contributed by atoms with E-state index in [-0.39, 0.29) is 0 Å². The minimum absolute atomic E-state index is 0.319. The fourth-order valence-electron chi connectivity index (χ4n) is 1.55. The highest BCUT2D eigenvalue weighted by molar-refractivity contribution is 5.93. The molecule has 0 bridgehead atoms. The lowest BCUT2D eigenvalue weighted by molar-refractivity contribution is 0.291. The Balaban J connectivity index is 2.22. The van der Waals surface area contributed by atoms with Crippen molar-refractivity contribution in [3.63, 3.8) is 0 Å². The lowest BCUT2D eigenvalue weighted by atomic mass is 10.1. The third kappa shape index (κ3) is 1.54. The molecule has 0 radical (unpaired) electrons. The van der Waals surface area contributed by atoms with Crippen molar-refractivity contribution in [3.05, 3.63) is 24.0 Å². The van der Waals surface area contributed by atoms with Crippen molar-refractivity contribution in [1.29, 1.82) is 0 Å². The first-order valence-electron chi connectivity index (χ1n) is 5.01. The van der Waals surface area contributed by atoms with Crippen LogP contribution in [0.1, 0.15) is 19.5 Å². The molecule has 0 spiro atoms. The van der Waals surface area contributed by atoms with E-state index in [1.807, 2.05) is 29.9 Å². The van der Waals surface area contributed by atoms with Gasteiger partial charge in [0.1, 0.15) is 12.3 Å². The minimum atomic E-state index is 0.319. The third-order valence-corrected chi connectivity index (χ3v) is 2.61. The molecular formula is C11H16N2O. The maximum absolute atomic E-state index is 5.58. The number of aryl methyl sites for hydroxylation is 1. The van der Waals surface area contributed by atoms with Crippen molar-refractivity contribution in [2.45, 2.75) is 19.9 Å². The zero-order valence-corrected chi connectivity index (χ0v) is 8.90. The molecule has 0 fully saturated rings. The summed E-state index contributed by atoms with van der Waals surface area (Å²) in [6.07, 6.45) is 2.00. The smallest absolute Gasteiger partial charge is 0.233 e. The van der Waals surface area contributed by atoms with Crippen LogP contribution in [0.5, 0.6) is 0 Å². The van der Waals surface area contributed by atoms with Crippen LogP contribution in [0.3, 0.4) is 0 Å². The van der Waals surface area contributed by atoms with Crippen molar-refractivity contribution in [2.24, 2.45) is 18.0 Å². The summed E-state index contributed by atoms with van der Waals surface area (Å²) < 4.78 is 7.61. The van der Waals surface area contributed by atoms with E-state index in [2.05, 4.69) is 18.8 Å².